The third-order valence-corrected chi connectivity index (χ3v) is 10.2. The Labute approximate surface area is 234 Å². The minimum atomic E-state index is -4.57. The van der Waals surface area contributed by atoms with Crippen molar-refractivity contribution in [2.45, 2.75) is 13.2 Å². The van der Waals surface area contributed by atoms with Crippen molar-refractivity contribution in [3.8, 4) is 5.75 Å². The second kappa shape index (κ2) is 9.96. The summed E-state index contributed by atoms with van der Waals surface area (Å²) in [5, 5.41) is 0. The Kier molecular flexibility index (Phi) is 6.13. The molecule has 5 aromatic carbocycles. The van der Waals surface area contributed by atoms with Crippen molar-refractivity contribution in [1.29, 1.82) is 0 Å². The number of rotatable bonds is 8. The molecule has 0 N–H and O–H groups in total. The van der Waals surface area contributed by atoms with E-state index in [-0.39, 0.29) is 13.2 Å². The van der Waals surface area contributed by atoms with Crippen molar-refractivity contribution < 1.29 is 18.1 Å². The average molecular weight is 546 g/mol. The van der Waals surface area contributed by atoms with Gasteiger partial charge in [-0.1, -0.05) is 0 Å². The van der Waals surface area contributed by atoms with Crippen molar-refractivity contribution in [3.05, 3.63) is 168 Å². The van der Waals surface area contributed by atoms with Crippen LogP contribution in [0.25, 0.3) is 11.5 Å². The molecule has 0 aromatic heterocycles. The van der Waals surface area contributed by atoms with Crippen LogP contribution < -0.4 is 9.19 Å². The van der Waals surface area contributed by atoms with Gasteiger partial charge in [0.05, 0.1) is 0 Å². The molecule has 0 saturated carbocycles. The Morgan fingerprint density at radius 2 is 0.975 bits per heavy atom. The summed E-state index contributed by atoms with van der Waals surface area (Å²) in [6.45, 7) is 0.476. The summed E-state index contributed by atoms with van der Waals surface area (Å²) >= 11 is 0. The fourth-order valence-corrected chi connectivity index (χ4v) is 8.60. The van der Waals surface area contributed by atoms with Gasteiger partial charge in [-0.2, -0.15) is 0 Å². The monoisotopic (exact) mass is 545 g/mol. The summed E-state index contributed by atoms with van der Waals surface area (Å²) < 4.78 is 30.0. The SMILES string of the molecule is c1ccc(COP23(OCc4ccccc4)OC(c4ccccc4)=C(c4ccccc4)N2c2ccccc2O3)cc1. The van der Waals surface area contributed by atoms with E-state index >= 15 is 0 Å². The maximum absolute atomic E-state index is 7.11. The zero-order chi connectivity index (χ0) is 26.9. The molecule has 0 bridgehead atoms. The van der Waals surface area contributed by atoms with E-state index in [2.05, 4.69) is 16.8 Å². The van der Waals surface area contributed by atoms with E-state index < -0.39 is 7.66 Å². The summed E-state index contributed by atoms with van der Waals surface area (Å²) in [5.74, 6) is 1.31. The van der Waals surface area contributed by atoms with Gasteiger partial charge in [-0.3, -0.25) is 0 Å². The predicted octanol–water partition coefficient (Wildman–Crippen LogP) is 9.00. The van der Waals surface area contributed by atoms with E-state index in [1.54, 1.807) is 0 Å². The van der Waals surface area contributed by atoms with Gasteiger partial charge in [-0.05, 0) is 0 Å². The molecule has 0 unspecified atom stereocenters. The number of para-hydroxylation sites is 2. The van der Waals surface area contributed by atoms with Gasteiger partial charge < -0.3 is 0 Å². The second-order valence-corrected chi connectivity index (χ2v) is 12.5. The normalized spacial score (nSPS) is 17.2. The van der Waals surface area contributed by atoms with Crippen molar-refractivity contribution in [1.82, 2.24) is 0 Å². The Bertz CT molecular complexity index is 1620. The summed E-state index contributed by atoms with van der Waals surface area (Å²) in [6, 6.07) is 48.3. The summed E-state index contributed by atoms with van der Waals surface area (Å²) in [7, 11) is -4.57. The molecule has 0 fully saturated rings. The molecule has 0 aliphatic carbocycles. The molecule has 0 spiro atoms. The Hall–Kier alpha value is -4.41. The molecule has 6 heteroatoms. The van der Waals surface area contributed by atoms with Crippen LogP contribution >= 0.6 is 7.66 Å². The molecule has 5 aromatic rings. The first kappa shape index (κ1) is 24.6. The van der Waals surface area contributed by atoms with Gasteiger partial charge in [0, 0.05) is 0 Å². The molecule has 0 atom stereocenters. The predicted molar refractivity (Wildman–Crippen MR) is 160 cm³/mol. The van der Waals surface area contributed by atoms with Gasteiger partial charge in [0.2, 0.25) is 0 Å². The van der Waals surface area contributed by atoms with Crippen molar-refractivity contribution >= 4 is 24.8 Å². The molecule has 2 aliphatic heterocycles. The van der Waals surface area contributed by atoms with Crippen molar-refractivity contribution in [2.24, 2.45) is 0 Å². The van der Waals surface area contributed by atoms with E-state index in [1.165, 1.54) is 0 Å². The van der Waals surface area contributed by atoms with Gasteiger partial charge in [0.15, 0.2) is 0 Å². The van der Waals surface area contributed by atoms with Crippen LogP contribution in [-0.2, 0) is 26.8 Å². The summed E-state index contributed by atoms with van der Waals surface area (Å²) in [5.41, 5.74) is 5.54. The third-order valence-electron chi connectivity index (χ3n) is 7.00. The quantitative estimate of drug-likeness (QED) is 0.182. The standard InChI is InChI=1S/C34H28NO4P/c1-5-15-27(16-6-1)25-36-40(37-26-28-17-7-2-8-18-28)35(31-23-13-14-24-32(31)38-40)33(29-19-9-3-10-20-29)34(39-40)30-21-11-4-12-22-30/h1-24H,25-26H2. The zero-order valence-corrected chi connectivity index (χ0v) is 22.7. The Balaban J connectivity index is 1.45. The van der Waals surface area contributed by atoms with Crippen LogP contribution in [0.2, 0.25) is 0 Å². The number of benzene rings is 5. The van der Waals surface area contributed by atoms with E-state index in [0.29, 0.717) is 11.5 Å². The second-order valence-electron chi connectivity index (χ2n) is 9.66. The molecular formula is C34H28NO4P. The Morgan fingerprint density at radius 1 is 0.500 bits per heavy atom. The molecule has 198 valence electrons. The van der Waals surface area contributed by atoms with Crippen LogP contribution in [0, 0.1) is 0 Å². The van der Waals surface area contributed by atoms with Gasteiger partial charge in [-0.15, -0.1) is 0 Å². The fraction of sp³-hybridized carbons (Fsp3) is 0.0588. The summed E-state index contributed by atoms with van der Waals surface area (Å²) in [6.07, 6.45) is 0. The van der Waals surface area contributed by atoms with Gasteiger partial charge in [0.25, 0.3) is 0 Å². The topological polar surface area (TPSA) is 40.2 Å². The zero-order valence-electron chi connectivity index (χ0n) is 21.8. The molecule has 0 saturated heterocycles. The van der Waals surface area contributed by atoms with Crippen LogP contribution in [0.1, 0.15) is 22.3 Å². The number of nitrogens with zero attached hydrogens (tertiary/aromatic N) is 1. The van der Waals surface area contributed by atoms with E-state index in [0.717, 1.165) is 33.6 Å². The first-order valence-electron chi connectivity index (χ1n) is 13.3. The molecular weight excluding hydrogens is 517 g/mol. The van der Waals surface area contributed by atoms with Crippen LogP contribution in [0.3, 0.4) is 0 Å². The van der Waals surface area contributed by atoms with E-state index in [4.69, 9.17) is 18.1 Å². The number of fused-ring (bicyclic) bond motifs is 3. The third kappa shape index (κ3) is 4.16. The van der Waals surface area contributed by atoms with Gasteiger partial charge >= 0.3 is 234 Å². The molecule has 40 heavy (non-hydrogen) atoms. The Morgan fingerprint density at radius 3 is 1.55 bits per heavy atom. The maximum atomic E-state index is 7.11. The van der Waals surface area contributed by atoms with E-state index in [1.807, 2.05) is 133 Å². The molecule has 5 nitrogen and oxygen atoms in total. The average Bonchev–Trinajstić information content (AvgIpc) is 3.48. The molecule has 7 rings (SSSR count). The number of anilines is 1. The molecule has 2 aliphatic rings. The molecule has 0 radical (unpaired) electrons. The molecule has 0 amide bonds. The van der Waals surface area contributed by atoms with Crippen LogP contribution in [-0.4, -0.2) is 0 Å². The number of hydrogen-bond donors (Lipinski definition) is 0. The van der Waals surface area contributed by atoms with Gasteiger partial charge in [0.1, 0.15) is 0 Å². The van der Waals surface area contributed by atoms with Gasteiger partial charge in [-0.25, -0.2) is 0 Å². The minimum absolute atomic E-state index is 0.238. The fourth-order valence-electron chi connectivity index (χ4n) is 5.13. The van der Waals surface area contributed by atoms with Crippen LogP contribution in [0.5, 0.6) is 5.75 Å². The van der Waals surface area contributed by atoms with E-state index in [9.17, 15) is 0 Å². The van der Waals surface area contributed by atoms with Crippen LogP contribution in [0.4, 0.5) is 5.69 Å². The first-order valence-corrected chi connectivity index (χ1v) is 15.2. The van der Waals surface area contributed by atoms with Crippen molar-refractivity contribution in [3.63, 3.8) is 0 Å². The van der Waals surface area contributed by atoms with Crippen molar-refractivity contribution in [2.75, 3.05) is 4.67 Å². The van der Waals surface area contributed by atoms with Crippen LogP contribution in [0.15, 0.2) is 146 Å². The first-order chi connectivity index (χ1) is 19.7. The number of hydrogen-bond acceptors (Lipinski definition) is 5. The molecule has 2 heterocycles. The summed E-state index contributed by atoms with van der Waals surface area (Å²) in [4.78, 5) is 0.